The van der Waals surface area contributed by atoms with Gasteiger partial charge in [0.2, 0.25) is 0 Å². The number of ether oxygens (including phenoxy) is 1. The van der Waals surface area contributed by atoms with E-state index in [9.17, 15) is 13.2 Å². The van der Waals surface area contributed by atoms with Crippen molar-refractivity contribution in [3.05, 3.63) is 24.3 Å². The van der Waals surface area contributed by atoms with Crippen molar-refractivity contribution in [1.29, 1.82) is 0 Å². The van der Waals surface area contributed by atoms with Gasteiger partial charge < -0.3 is 4.74 Å². The van der Waals surface area contributed by atoms with Gasteiger partial charge in [0.05, 0.1) is 4.90 Å². The molecule has 0 bridgehead atoms. The highest BCUT2D eigenvalue weighted by atomic mass is 35.7. The maximum Gasteiger partial charge on any atom is 0.414 e. The van der Waals surface area contributed by atoms with E-state index >= 15 is 0 Å². The highest BCUT2D eigenvalue weighted by Gasteiger charge is 2.21. The predicted molar refractivity (Wildman–Crippen MR) is 74.1 cm³/mol. The fourth-order valence-electron chi connectivity index (χ4n) is 1.28. The summed E-state index contributed by atoms with van der Waals surface area (Å²) in [6, 6.07) is 5.77. The third-order valence-electron chi connectivity index (χ3n) is 2.15. The lowest BCUT2D eigenvalue weighted by atomic mass is 10.2. The Bertz CT molecular complexity index is 578. The van der Waals surface area contributed by atoms with E-state index in [1.54, 1.807) is 26.8 Å². The van der Waals surface area contributed by atoms with E-state index in [0.717, 1.165) is 0 Å². The van der Waals surface area contributed by atoms with Crippen molar-refractivity contribution in [2.75, 3.05) is 11.9 Å². The van der Waals surface area contributed by atoms with Gasteiger partial charge in [-0.2, -0.15) is 0 Å². The van der Waals surface area contributed by atoms with E-state index in [4.69, 9.17) is 15.4 Å². The lowest BCUT2D eigenvalue weighted by Gasteiger charge is -2.24. The third kappa shape index (κ3) is 4.72. The molecular formula is C12H16ClNO4S. The predicted octanol–water partition coefficient (Wildman–Crippen LogP) is 2.99. The molecule has 0 saturated heterocycles. The summed E-state index contributed by atoms with van der Waals surface area (Å²) in [5.74, 6) is 0. The summed E-state index contributed by atoms with van der Waals surface area (Å²) >= 11 is 0. The first-order valence-electron chi connectivity index (χ1n) is 5.52. The average Bonchev–Trinajstić information content (AvgIpc) is 2.24. The fourth-order valence-corrected chi connectivity index (χ4v) is 2.07. The van der Waals surface area contributed by atoms with Crippen LogP contribution in [0, 0.1) is 0 Å². The number of rotatable bonds is 2. The molecule has 7 heteroatoms. The average molecular weight is 306 g/mol. The van der Waals surface area contributed by atoms with Crippen LogP contribution in [0.4, 0.5) is 10.5 Å². The monoisotopic (exact) mass is 305 g/mol. The molecule has 0 fully saturated rings. The Hall–Kier alpha value is -1.27. The SMILES string of the molecule is CN(C(=O)OC(C)(C)C)c1cccc(S(=O)(=O)Cl)c1. The molecule has 0 atom stereocenters. The standard InChI is InChI=1S/C12H16ClNO4S/c1-12(2,3)18-11(15)14(4)9-6-5-7-10(8-9)19(13,16)17/h5-8H,1-4H3. The molecule has 0 aliphatic heterocycles. The molecule has 1 rings (SSSR count). The molecule has 1 amide bonds. The molecule has 0 unspecified atom stereocenters. The molecule has 1 aromatic carbocycles. The number of amides is 1. The van der Waals surface area contributed by atoms with Crippen LogP contribution in [0.3, 0.4) is 0 Å². The van der Waals surface area contributed by atoms with Gasteiger partial charge in [-0.05, 0) is 39.0 Å². The number of hydrogen-bond donors (Lipinski definition) is 0. The maximum atomic E-state index is 11.8. The Morgan fingerprint density at radius 3 is 2.37 bits per heavy atom. The summed E-state index contributed by atoms with van der Waals surface area (Å²) in [5.41, 5.74) is -0.238. The molecule has 0 saturated carbocycles. The van der Waals surface area contributed by atoms with E-state index in [1.807, 2.05) is 0 Å². The summed E-state index contributed by atoms with van der Waals surface area (Å²) in [4.78, 5) is 13.0. The zero-order valence-corrected chi connectivity index (χ0v) is 12.7. The summed E-state index contributed by atoms with van der Waals surface area (Å²) in [6.45, 7) is 5.25. The lowest BCUT2D eigenvalue weighted by Crippen LogP contribution is -2.34. The number of benzene rings is 1. The maximum absolute atomic E-state index is 11.8. The van der Waals surface area contributed by atoms with E-state index in [2.05, 4.69) is 0 Å². The van der Waals surface area contributed by atoms with Crippen molar-refractivity contribution in [2.45, 2.75) is 31.3 Å². The van der Waals surface area contributed by atoms with Crippen molar-refractivity contribution < 1.29 is 17.9 Å². The first-order valence-corrected chi connectivity index (χ1v) is 7.83. The minimum absolute atomic E-state index is 0.0675. The number of carbonyl (C=O) groups excluding carboxylic acids is 1. The normalized spacial score (nSPS) is 12.1. The van der Waals surface area contributed by atoms with E-state index in [1.165, 1.54) is 30.1 Å². The number of halogens is 1. The second-order valence-corrected chi connectivity index (χ2v) is 7.54. The number of carbonyl (C=O) groups is 1. The van der Waals surface area contributed by atoms with Crippen LogP contribution in [0.25, 0.3) is 0 Å². The molecule has 0 heterocycles. The van der Waals surface area contributed by atoms with Gasteiger partial charge in [-0.1, -0.05) is 6.07 Å². The van der Waals surface area contributed by atoms with Crippen molar-refractivity contribution in [1.82, 2.24) is 0 Å². The van der Waals surface area contributed by atoms with Gasteiger partial charge >= 0.3 is 6.09 Å². The van der Waals surface area contributed by atoms with E-state index in [-0.39, 0.29) is 4.90 Å². The molecule has 0 spiro atoms. The molecule has 19 heavy (non-hydrogen) atoms. The van der Waals surface area contributed by atoms with Crippen LogP contribution in [-0.4, -0.2) is 27.2 Å². The van der Waals surface area contributed by atoms with Crippen molar-refractivity contribution in [3.8, 4) is 0 Å². The fraction of sp³-hybridized carbons (Fsp3) is 0.417. The van der Waals surface area contributed by atoms with Crippen LogP contribution in [0.15, 0.2) is 29.2 Å². The zero-order chi connectivity index (χ0) is 14.8. The second kappa shape index (κ2) is 5.38. The molecule has 106 valence electrons. The quantitative estimate of drug-likeness (QED) is 0.788. The summed E-state index contributed by atoms with van der Waals surface area (Å²) < 4.78 is 27.7. The Morgan fingerprint density at radius 1 is 1.32 bits per heavy atom. The van der Waals surface area contributed by atoms with E-state index < -0.39 is 20.7 Å². The molecule has 1 aromatic rings. The highest BCUT2D eigenvalue weighted by molar-refractivity contribution is 8.13. The number of nitrogens with zero attached hydrogens (tertiary/aromatic N) is 1. The topological polar surface area (TPSA) is 63.7 Å². The van der Waals surface area contributed by atoms with Gasteiger partial charge in [-0.15, -0.1) is 0 Å². The van der Waals surface area contributed by atoms with E-state index in [0.29, 0.717) is 5.69 Å². The number of hydrogen-bond acceptors (Lipinski definition) is 4. The Labute approximate surface area is 117 Å². The minimum atomic E-state index is -3.83. The van der Waals surface area contributed by atoms with Gasteiger partial charge in [-0.25, -0.2) is 13.2 Å². The van der Waals surface area contributed by atoms with Crippen molar-refractivity contribution in [3.63, 3.8) is 0 Å². The van der Waals surface area contributed by atoms with Crippen LogP contribution in [-0.2, 0) is 13.8 Å². The van der Waals surface area contributed by atoms with Gasteiger partial charge in [-0.3, -0.25) is 4.90 Å². The van der Waals surface area contributed by atoms with Gasteiger partial charge in [0.25, 0.3) is 9.05 Å². The zero-order valence-electron chi connectivity index (χ0n) is 11.2. The van der Waals surface area contributed by atoms with Gasteiger partial charge in [0, 0.05) is 23.4 Å². The van der Waals surface area contributed by atoms with Crippen LogP contribution in [0.5, 0.6) is 0 Å². The Kier molecular flexibility index (Phi) is 4.47. The Balaban J connectivity index is 3.01. The van der Waals surface area contributed by atoms with Crippen molar-refractivity contribution in [2.24, 2.45) is 0 Å². The second-order valence-electron chi connectivity index (χ2n) is 4.97. The molecule has 0 N–H and O–H groups in total. The van der Waals surface area contributed by atoms with Gasteiger partial charge in [0.1, 0.15) is 5.60 Å². The Morgan fingerprint density at radius 2 is 1.89 bits per heavy atom. The minimum Gasteiger partial charge on any atom is -0.443 e. The molecular weight excluding hydrogens is 290 g/mol. The highest BCUT2D eigenvalue weighted by Crippen LogP contribution is 2.22. The van der Waals surface area contributed by atoms with Crippen LogP contribution < -0.4 is 4.90 Å². The number of anilines is 1. The molecule has 0 aliphatic rings. The first-order chi connectivity index (χ1) is 8.50. The van der Waals surface area contributed by atoms with Crippen LogP contribution in [0.1, 0.15) is 20.8 Å². The largest absolute Gasteiger partial charge is 0.443 e. The summed E-state index contributed by atoms with van der Waals surface area (Å²) in [6.07, 6.45) is -0.573. The van der Waals surface area contributed by atoms with Crippen molar-refractivity contribution >= 4 is 31.5 Å². The molecule has 0 aromatic heterocycles. The third-order valence-corrected chi connectivity index (χ3v) is 3.51. The molecule has 5 nitrogen and oxygen atoms in total. The summed E-state index contributed by atoms with van der Waals surface area (Å²) in [7, 11) is 2.93. The first kappa shape index (κ1) is 15.8. The smallest absolute Gasteiger partial charge is 0.414 e. The van der Waals surface area contributed by atoms with Crippen LogP contribution in [0.2, 0.25) is 0 Å². The molecule has 0 radical (unpaired) electrons. The summed E-state index contributed by atoms with van der Waals surface area (Å²) in [5, 5.41) is 0. The van der Waals surface area contributed by atoms with Crippen LogP contribution >= 0.6 is 10.7 Å². The van der Waals surface area contributed by atoms with Gasteiger partial charge in [0.15, 0.2) is 0 Å². The molecule has 0 aliphatic carbocycles. The lowest BCUT2D eigenvalue weighted by molar-refractivity contribution is 0.0589.